The van der Waals surface area contributed by atoms with Gasteiger partial charge in [-0.1, -0.05) is 48.0 Å². The summed E-state index contributed by atoms with van der Waals surface area (Å²) in [6, 6.07) is 12.6. The van der Waals surface area contributed by atoms with Crippen molar-refractivity contribution in [1.29, 1.82) is 0 Å². The van der Waals surface area contributed by atoms with E-state index in [9.17, 15) is 9.50 Å². The summed E-state index contributed by atoms with van der Waals surface area (Å²) >= 11 is 0. The molecule has 0 aliphatic carbocycles. The highest BCUT2D eigenvalue weighted by atomic mass is 19.1. The second-order valence-electron chi connectivity index (χ2n) is 4.29. The standard InChI is InChI=1S/C15H15FO/c1-10-5-3-7-12(9-10)15(17)13-8-4-6-11(2)14(13)16/h3-9,15,17H,1-2H3. The van der Waals surface area contributed by atoms with Crippen LogP contribution in [0.4, 0.5) is 4.39 Å². The van der Waals surface area contributed by atoms with E-state index in [0.717, 1.165) is 11.1 Å². The van der Waals surface area contributed by atoms with Crippen LogP contribution in [0.5, 0.6) is 0 Å². The highest BCUT2D eigenvalue weighted by Gasteiger charge is 2.15. The smallest absolute Gasteiger partial charge is 0.132 e. The molecular formula is C15H15FO. The number of aryl methyl sites for hydroxylation is 2. The third-order valence-electron chi connectivity index (χ3n) is 2.87. The molecule has 0 aromatic heterocycles. The van der Waals surface area contributed by atoms with Gasteiger partial charge in [0.05, 0.1) is 0 Å². The summed E-state index contributed by atoms with van der Waals surface area (Å²) < 4.78 is 13.9. The molecule has 0 saturated heterocycles. The van der Waals surface area contributed by atoms with Gasteiger partial charge in [-0.2, -0.15) is 0 Å². The maximum absolute atomic E-state index is 13.9. The molecule has 2 rings (SSSR count). The second kappa shape index (κ2) is 4.68. The van der Waals surface area contributed by atoms with Gasteiger partial charge in [0.2, 0.25) is 0 Å². The van der Waals surface area contributed by atoms with E-state index in [2.05, 4.69) is 0 Å². The molecule has 1 atom stereocenters. The van der Waals surface area contributed by atoms with Crippen LogP contribution in [0.15, 0.2) is 42.5 Å². The molecule has 1 N–H and O–H groups in total. The van der Waals surface area contributed by atoms with Crippen molar-refractivity contribution in [2.24, 2.45) is 0 Å². The Labute approximate surface area is 101 Å². The number of benzene rings is 2. The number of halogens is 1. The Morgan fingerprint density at radius 3 is 2.47 bits per heavy atom. The Morgan fingerprint density at radius 2 is 1.76 bits per heavy atom. The minimum Gasteiger partial charge on any atom is -0.384 e. The van der Waals surface area contributed by atoms with Crippen LogP contribution in [0, 0.1) is 19.7 Å². The van der Waals surface area contributed by atoms with Crippen molar-refractivity contribution in [1.82, 2.24) is 0 Å². The molecule has 17 heavy (non-hydrogen) atoms. The van der Waals surface area contributed by atoms with Gasteiger partial charge in [-0.05, 0) is 25.0 Å². The summed E-state index contributed by atoms with van der Waals surface area (Å²) in [5.41, 5.74) is 2.65. The topological polar surface area (TPSA) is 20.2 Å². The summed E-state index contributed by atoms with van der Waals surface area (Å²) in [6.07, 6.45) is -0.908. The van der Waals surface area contributed by atoms with Gasteiger partial charge in [0.25, 0.3) is 0 Å². The lowest BCUT2D eigenvalue weighted by Crippen LogP contribution is -2.03. The molecule has 1 unspecified atom stereocenters. The average Bonchev–Trinajstić information content (AvgIpc) is 2.32. The van der Waals surface area contributed by atoms with E-state index in [-0.39, 0.29) is 5.82 Å². The van der Waals surface area contributed by atoms with Crippen LogP contribution in [0.3, 0.4) is 0 Å². The molecule has 0 aliphatic heterocycles. The first kappa shape index (κ1) is 11.8. The molecule has 0 bridgehead atoms. The number of rotatable bonds is 2. The molecule has 0 fully saturated rings. The van der Waals surface area contributed by atoms with Crippen molar-refractivity contribution >= 4 is 0 Å². The maximum atomic E-state index is 13.9. The van der Waals surface area contributed by atoms with Crippen molar-refractivity contribution in [3.05, 3.63) is 70.5 Å². The van der Waals surface area contributed by atoms with E-state index in [4.69, 9.17) is 0 Å². The zero-order chi connectivity index (χ0) is 12.4. The minimum absolute atomic E-state index is 0.329. The summed E-state index contributed by atoms with van der Waals surface area (Å²) in [4.78, 5) is 0. The monoisotopic (exact) mass is 230 g/mol. The zero-order valence-electron chi connectivity index (χ0n) is 9.94. The molecule has 1 nitrogen and oxygen atoms in total. The van der Waals surface area contributed by atoms with Crippen LogP contribution in [-0.2, 0) is 0 Å². The van der Waals surface area contributed by atoms with E-state index in [0.29, 0.717) is 11.1 Å². The van der Waals surface area contributed by atoms with Gasteiger partial charge in [0.1, 0.15) is 11.9 Å². The van der Waals surface area contributed by atoms with Crippen LogP contribution >= 0.6 is 0 Å². The molecule has 2 aromatic rings. The Balaban J connectivity index is 2.44. The van der Waals surface area contributed by atoms with E-state index in [1.807, 2.05) is 25.1 Å². The SMILES string of the molecule is Cc1cccc(C(O)c2cccc(C)c2F)c1. The lowest BCUT2D eigenvalue weighted by atomic mass is 9.98. The van der Waals surface area contributed by atoms with E-state index < -0.39 is 6.10 Å². The number of aliphatic hydroxyl groups is 1. The maximum Gasteiger partial charge on any atom is 0.132 e. The van der Waals surface area contributed by atoms with Gasteiger partial charge in [0, 0.05) is 5.56 Å². The summed E-state index contributed by atoms with van der Waals surface area (Å²) in [7, 11) is 0. The highest BCUT2D eigenvalue weighted by molar-refractivity contribution is 5.35. The van der Waals surface area contributed by atoms with Crippen LogP contribution in [0.2, 0.25) is 0 Å². The average molecular weight is 230 g/mol. The van der Waals surface area contributed by atoms with Crippen LogP contribution in [0.1, 0.15) is 28.4 Å². The van der Waals surface area contributed by atoms with Crippen LogP contribution in [-0.4, -0.2) is 5.11 Å². The van der Waals surface area contributed by atoms with Gasteiger partial charge in [-0.25, -0.2) is 4.39 Å². The zero-order valence-corrected chi connectivity index (χ0v) is 9.94. The lowest BCUT2D eigenvalue weighted by Gasteiger charge is -2.14. The highest BCUT2D eigenvalue weighted by Crippen LogP contribution is 2.26. The molecule has 2 heteroatoms. The quantitative estimate of drug-likeness (QED) is 0.836. The van der Waals surface area contributed by atoms with Crippen molar-refractivity contribution in [2.75, 3.05) is 0 Å². The van der Waals surface area contributed by atoms with Crippen LogP contribution < -0.4 is 0 Å². The third-order valence-corrected chi connectivity index (χ3v) is 2.87. The Hall–Kier alpha value is -1.67. The fraction of sp³-hybridized carbons (Fsp3) is 0.200. The minimum atomic E-state index is -0.908. The first-order valence-corrected chi connectivity index (χ1v) is 5.59. The van der Waals surface area contributed by atoms with E-state index >= 15 is 0 Å². The van der Waals surface area contributed by atoms with Gasteiger partial charge in [0.15, 0.2) is 0 Å². The molecule has 0 aliphatic rings. The Morgan fingerprint density at radius 1 is 1.06 bits per heavy atom. The summed E-state index contributed by atoms with van der Waals surface area (Å²) in [5, 5.41) is 10.2. The molecular weight excluding hydrogens is 215 g/mol. The molecule has 2 aromatic carbocycles. The molecule has 0 saturated carbocycles. The Kier molecular flexibility index (Phi) is 3.25. The molecule has 88 valence electrons. The summed E-state index contributed by atoms with van der Waals surface area (Å²) in [5.74, 6) is -0.332. The summed E-state index contributed by atoms with van der Waals surface area (Å²) in [6.45, 7) is 3.64. The molecule has 0 radical (unpaired) electrons. The van der Waals surface area contributed by atoms with Crippen molar-refractivity contribution < 1.29 is 9.50 Å². The lowest BCUT2D eigenvalue weighted by molar-refractivity contribution is 0.214. The van der Waals surface area contributed by atoms with Crippen molar-refractivity contribution in [3.8, 4) is 0 Å². The predicted octanol–water partition coefficient (Wildman–Crippen LogP) is 3.52. The fourth-order valence-electron chi connectivity index (χ4n) is 1.90. The first-order chi connectivity index (χ1) is 8.09. The van der Waals surface area contributed by atoms with Gasteiger partial charge >= 0.3 is 0 Å². The largest absolute Gasteiger partial charge is 0.384 e. The van der Waals surface area contributed by atoms with E-state index in [1.165, 1.54) is 0 Å². The first-order valence-electron chi connectivity index (χ1n) is 5.59. The fourth-order valence-corrected chi connectivity index (χ4v) is 1.90. The Bertz CT molecular complexity index is 534. The van der Waals surface area contributed by atoms with Gasteiger partial charge < -0.3 is 5.11 Å². The van der Waals surface area contributed by atoms with Crippen molar-refractivity contribution in [3.63, 3.8) is 0 Å². The second-order valence-corrected chi connectivity index (χ2v) is 4.29. The van der Waals surface area contributed by atoms with E-state index in [1.54, 1.807) is 31.2 Å². The van der Waals surface area contributed by atoms with Crippen LogP contribution in [0.25, 0.3) is 0 Å². The number of hydrogen-bond acceptors (Lipinski definition) is 1. The third kappa shape index (κ3) is 2.37. The predicted molar refractivity (Wildman–Crippen MR) is 66.4 cm³/mol. The number of aliphatic hydroxyl groups excluding tert-OH is 1. The normalized spacial score (nSPS) is 12.5. The molecule has 0 spiro atoms. The molecule has 0 amide bonds. The van der Waals surface area contributed by atoms with Crippen molar-refractivity contribution in [2.45, 2.75) is 20.0 Å². The van der Waals surface area contributed by atoms with Gasteiger partial charge in [-0.15, -0.1) is 0 Å². The molecule has 0 heterocycles. The van der Waals surface area contributed by atoms with Gasteiger partial charge in [-0.3, -0.25) is 0 Å². The number of hydrogen-bond donors (Lipinski definition) is 1.